The van der Waals surface area contributed by atoms with E-state index in [9.17, 15) is 0 Å². The molecular weight excluding hydrogens is 294 g/mol. The Morgan fingerprint density at radius 3 is 2.44 bits per heavy atom. The third-order valence-corrected chi connectivity index (χ3v) is 2.88. The zero-order valence-electron chi connectivity index (χ0n) is 10.1. The number of hydrogen-bond donors (Lipinski definition) is 1. The van der Waals surface area contributed by atoms with Crippen molar-refractivity contribution >= 4 is 15.9 Å². The van der Waals surface area contributed by atoms with Crippen LogP contribution in [0.25, 0.3) is 11.4 Å². The van der Waals surface area contributed by atoms with Crippen molar-refractivity contribution in [3.63, 3.8) is 0 Å². The smallest absolute Gasteiger partial charge is 0.159 e. The van der Waals surface area contributed by atoms with Gasteiger partial charge in [-0.1, -0.05) is 28.1 Å². The number of hydrogen-bond acceptors (Lipinski definition) is 4. The zero-order chi connectivity index (χ0) is 12.8. The summed E-state index contributed by atoms with van der Waals surface area (Å²) in [7, 11) is 1.89. The van der Waals surface area contributed by atoms with E-state index in [1.165, 1.54) is 0 Å². The van der Waals surface area contributed by atoms with Crippen LogP contribution in [-0.4, -0.2) is 30.2 Å². The molecule has 0 aliphatic carbocycles. The Morgan fingerprint density at radius 2 is 1.83 bits per heavy atom. The summed E-state index contributed by atoms with van der Waals surface area (Å²) in [5.74, 6) is 1.38. The molecule has 0 aliphatic heterocycles. The van der Waals surface area contributed by atoms with Gasteiger partial charge in [0.1, 0.15) is 6.61 Å². The van der Waals surface area contributed by atoms with Gasteiger partial charge in [-0.05, 0) is 19.2 Å². The number of ether oxygens (including phenoxy) is 1. The third-order valence-electron chi connectivity index (χ3n) is 2.35. The molecule has 0 fully saturated rings. The van der Waals surface area contributed by atoms with E-state index in [1.807, 2.05) is 31.3 Å². The lowest BCUT2D eigenvalue weighted by Gasteiger charge is -2.05. The predicted octanol–water partition coefficient (Wildman–Crippen LogP) is 2.50. The fourth-order valence-electron chi connectivity index (χ4n) is 1.41. The van der Waals surface area contributed by atoms with Crippen LogP contribution >= 0.6 is 15.9 Å². The molecule has 0 radical (unpaired) electrons. The summed E-state index contributed by atoms with van der Waals surface area (Å²) >= 11 is 3.40. The lowest BCUT2D eigenvalue weighted by Crippen LogP contribution is -2.16. The number of nitrogens with zero attached hydrogens (tertiary/aromatic N) is 2. The average molecular weight is 308 g/mol. The first-order valence-corrected chi connectivity index (χ1v) is 6.44. The molecule has 0 spiro atoms. The van der Waals surface area contributed by atoms with E-state index in [1.54, 1.807) is 12.4 Å². The Morgan fingerprint density at radius 1 is 1.17 bits per heavy atom. The summed E-state index contributed by atoms with van der Waals surface area (Å²) in [5.41, 5.74) is 0.986. The van der Waals surface area contributed by atoms with Crippen LogP contribution in [0.5, 0.6) is 5.75 Å². The fraction of sp³-hybridized carbons (Fsp3) is 0.231. The highest BCUT2D eigenvalue weighted by molar-refractivity contribution is 9.10. The highest BCUT2D eigenvalue weighted by Crippen LogP contribution is 2.19. The fourth-order valence-corrected chi connectivity index (χ4v) is 1.67. The second-order valence-corrected chi connectivity index (χ2v) is 4.62. The summed E-state index contributed by atoms with van der Waals surface area (Å²) in [4.78, 5) is 8.57. The van der Waals surface area contributed by atoms with Crippen molar-refractivity contribution in [2.45, 2.75) is 0 Å². The highest BCUT2D eigenvalue weighted by atomic mass is 79.9. The minimum atomic E-state index is 0.609. The predicted molar refractivity (Wildman–Crippen MR) is 74.6 cm³/mol. The lowest BCUT2D eigenvalue weighted by atomic mass is 10.2. The van der Waals surface area contributed by atoms with Gasteiger partial charge in [-0.25, -0.2) is 9.97 Å². The second-order valence-electron chi connectivity index (χ2n) is 3.70. The van der Waals surface area contributed by atoms with Gasteiger partial charge in [0.15, 0.2) is 11.6 Å². The van der Waals surface area contributed by atoms with Crippen molar-refractivity contribution in [1.82, 2.24) is 15.3 Å². The van der Waals surface area contributed by atoms with Crippen LogP contribution in [0.1, 0.15) is 0 Å². The zero-order valence-corrected chi connectivity index (χ0v) is 11.6. The SMILES string of the molecule is CNCCOc1cnc(-c2ccc(Br)cc2)nc1. The maximum absolute atomic E-state index is 5.46. The average Bonchev–Trinajstić information content (AvgIpc) is 2.41. The molecule has 0 unspecified atom stereocenters. The molecule has 0 aliphatic rings. The molecule has 0 saturated heterocycles. The van der Waals surface area contributed by atoms with Crippen molar-refractivity contribution in [2.24, 2.45) is 0 Å². The van der Waals surface area contributed by atoms with Crippen LogP contribution < -0.4 is 10.1 Å². The van der Waals surface area contributed by atoms with Crippen LogP contribution in [0.4, 0.5) is 0 Å². The van der Waals surface area contributed by atoms with E-state index in [0.29, 0.717) is 18.2 Å². The third kappa shape index (κ3) is 3.51. The molecule has 4 nitrogen and oxygen atoms in total. The summed E-state index contributed by atoms with van der Waals surface area (Å²) in [6.45, 7) is 1.41. The molecule has 2 rings (SSSR count). The topological polar surface area (TPSA) is 47.0 Å². The Balaban J connectivity index is 2.05. The Bertz CT molecular complexity index is 485. The summed E-state index contributed by atoms with van der Waals surface area (Å²) in [6, 6.07) is 7.88. The summed E-state index contributed by atoms with van der Waals surface area (Å²) < 4.78 is 6.50. The molecule has 1 N–H and O–H groups in total. The number of likely N-dealkylation sites (N-methyl/N-ethyl adjacent to an activating group) is 1. The van der Waals surface area contributed by atoms with Crippen LogP contribution in [0, 0.1) is 0 Å². The molecule has 94 valence electrons. The number of benzene rings is 1. The molecule has 1 aromatic carbocycles. The minimum absolute atomic E-state index is 0.609. The Labute approximate surface area is 115 Å². The summed E-state index contributed by atoms with van der Waals surface area (Å²) in [6.07, 6.45) is 3.39. The molecule has 18 heavy (non-hydrogen) atoms. The maximum atomic E-state index is 5.46. The summed E-state index contributed by atoms with van der Waals surface area (Å²) in [5, 5.41) is 3.01. The molecule has 1 aromatic heterocycles. The lowest BCUT2D eigenvalue weighted by molar-refractivity contribution is 0.316. The molecule has 0 atom stereocenters. The van der Waals surface area contributed by atoms with Gasteiger partial charge in [0.25, 0.3) is 0 Å². The van der Waals surface area contributed by atoms with Gasteiger partial charge >= 0.3 is 0 Å². The number of halogens is 1. The first-order valence-electron chi connectivity index (χ1n) is 5.65. The van der Waals surface area contributed by atoms with Gasteiger partial charge in [0, 0.05) is 16.6 Å². The Hall–Kier alpha value is -1.46. The minimum Gasteiger partial charge on any atom is -0.489 e. The maximum Gasteiger partial charge on any atom is 0.159 e. The van der Waals surface area contributed by atoms with Crippen LogP contribution in [0.2, 0.25) is 0 Å². The molecule has 0 bridgehead atoms. The standard InChI is InChI=1S/C13H14BrN3O/c1-15-6-7-18-12-8-16-13(17-9-12)10-2-4-11(14)5-3-10/h2-5,8-9,15H,6-7H2,1H3. The van der Waals surface area contributed by atoms with Crippen molar-refractivity contribution < 1.29 is 4.74 Å². The van der Waals surface area contributed by atoms with Crippen LogP contribution in [0.15, 0.2) is 41.1 Å². The van der Waals surface area contributed by atoms with E-state index >= 15 is 0 Å². The van der Waals surface area contributed by atoms with Crippen molar-refractivity contribution in [3.05, 3.63) is 41.1 Å². The van der Waals surface area contributed by atoms with Gasteiger partial charge in [0.2, 0.25) is 0 Å². The van der Waals surface area contributed by atoms with Crippen molar-refractivity contribution in [3.8, 4) is 17.1 Å². The number of aromatic nitrogens is 2. The Kier molecular flexibility index (Phi) is 4.66. The molecule has 2 aromatic rings. The largest absolute Gasteiger partial charge is 0.489 e. The molecular formula is C13H14BrN3O. The first kappa shape index (κ1) is 13.0. The van der Waals surface area contributed by atoms with E-state index < -0.39 is 0 Å². The molecule has 0 amide bonds. The quantitative estimate of drug-likeness (QED) is 0.862. The van der Waals surface area contributed by atoms with Crippen LogP contribution in [0.3, 0.4) is 0 Å². The van der Waals surface area contributed by atoms with E-state index in [4.69, 9.17) is 4.74 Å². The van der Waals surface area contributed by atoms with Crippen LogP contribution in [-0.2, 0) is 0 Å². The molecule has 1 heterocycles. The normalized spacial score (nSPS) is 10.3. The number of rotatable bonds is 5. The van der Waals surface area contributed by atoms with Crippen molar-refractivity contribution in [1.29, 1.82) is 0 Å². The van der Waals surface area contributed by atoms with E-state index in [-0.39, 0.29) is 0 Å². The first-order chi connectivity index (χ1) is 8.79. The monoisotopic (exact) mass is 307 g/mol. The van der Waals surface area contributed by atoms with Gasteiger partial charge in [-0.15, -0.1) is 0 Å². The van der Waals surface area contributed by atoms with E-state index in [0.717, 1.165) is 16.6 Å². The number of nitrogens with one attached hydrogen (secondary N) is 1. The van der Waals surface area contributed by atoms with Gasteiger partial charge in [-0.3, -0.25) is 0 Å². The van der Waals surface area contributed by atoms with Gasteiger partial charge in [0.05, 0.1) is 12.4 Å². The highest BCUT2D eigenvalue weighted by Gasteiger charge is 2.01. The van der Waals surface area contributed by atoms with Gasteiger partial charge < -0.3 is 10.1 Å². The van der Waals surface area contributed by atoms with E-state index in [2.05, 4.69) is 31.2 Å². The van der Waals surface area contributed by atoms with Crippen molar-refractivity contribution in [2.75, 3.05) is 20.2 Å². The molecule has 5 heteroatoms. The van der Waals surface area contributed by atoms with Gasteiger partial charge in [-0.2, -0.15) is 0 Å². The second kappa shape index (κ2) is 6.47. The molecule has 0 saturated carbocycles.